The first kappa shape index (κ1) is 69.7. The average molecular weight is 1030 g/mol. The number of carbonyl (C=O) groups is 1. The van der Waals surface area contributed by atoms with E-state index in [0.29, 0.717) is 6.42 Å². The summed E-state index contributed by atoms with van der Waals surface area (Å²) in [7, 11) is 0. The zero-order chi connectivity index (χ0) is 52.9. The predicted molar refractivity (Wildman–Crippen MR) is 309 cm³/mol. The Bertz CT molecular complexity index is 1200. The minimum Gasteiger partial charge on any atom is -0.394 e. The molecule has 0 aromatic rings. The second kappa shape index (κ2) is 54.0. The summed E-state index contributed by atoms with van der Waals surface area (Å²) in [5.41, 5.74) is 0. The number of allylic oxidation sites excluding steroid dienone is 3. The van der Waals surface area contributed by atoms with Gasteiger partial charge in [-0.25, -0.2) is 0 Å². The molecule has 9 heteroatoms. The molecule has 7 unspecified atom stereocenters. The number of hydrogen-bond donors (Lipinski definition) is 6. The minimum absolute atomic E-state index is 0.181. The summed E-state index contributed by atoms with van der Waals surface area (Å²) >= 11 is 0. The van der Waals surface area contributed by atoms with Crippen LogP contribution in [0.1, 0.15) is 322 Å². The van der Waals surface area contributed by atoms with Gasteiger partial charge >= 0.3 is 0 Å². The number of aliphatic hydroxyl groups excluding tert-OH is 5. The van der Waals surface area contributed by atoms with Crippen LogP contribution in [0.3, 0.4) is 0 Å². The summed E-state index contributed by atoms with van der Waals surface area (Å²) in [5.74, 6) is -0.181. The van der Waals surface area contributed by atoms with Crippen molar-refractivity contribution in [2.45, 2.75) is 365 Å². The maximum Gasteiger partial charge on any atom is 0.220 e. The molecule has 0 aromatic carbocycles. The Morgan fingerprint density at radius 1 is 0.452 bits per heavy atom. The van der Waals surface area contributed by atoms with Crippen LogP contribution in [-0.4, -0.2) is 87.5 Å². The van der Waals surface area contributed by atoms with Crippen LogP contribution in [0.2, 0.25) is 0 Å². The van der Waals surface area contributed by atoms with Crippen molar-refractivity contribution in [1.29, 1.82) is 0 Å². The number of rotatable bonds is 56. The van der Waals surface area contributed by atoms with Crippen LogP contribution < -0.4 is 5.32 Å². The summed E-state index contributed by atoms with van der Waals surface area (Å²) in [6, 6.07) is -0.818. The summed E-state index contributed by atoms with van der Waals surface area (Å²) in [6.45, 7) is 3.78. The highest BCUT2D eigenvalue weighted by atomic mass is 16.7. The molecule has 1 rings (SSSR count). The van der Waals surface area contributed by atoms with Crippen molar-refractivity contribution < 1.29 is 39.8 Å². The number of amides is 1. The molecule has 7 atom stereocenters. The topological polar surface area (TPSA) is 149 Å². The average Bonchev–Trinajstić information content (AvgIpc) is 3.39. The SMILES string of the molecule is CCCCCCCCC/C=C/CC/C=C/C(O)C(COC1OC(CO)C(O)C(O)C1O)NC(=O)CCCCCCCCCCCCCCCCCCCCCCCCCCCCCCCCCCCCCCC. The molecule has 0 spiro atoms. The molecule has 0 aromatic heterocycles. The molecule has 1 aliphatic heterocycles. The smallest absolute Gasteiger partial charge is 0.220 e. The Balaban J connectivity index is 2.03. The molecule has 1 heterocycles. The Hall–Kier alpha value is -1.33. The maximum atomic E-state index is 13.0. The largest absolute Gasteiger partial charge is 0.394 e. The number of hydrogen-bond acceptors (Lipinski definition) is 8. The first-order valence-corrected chi connectivity index (χ1v) is 32.1. The Morgan fingerprint density at radius 3 is 1.15 bits per heavy atom. The normalized spacial score (nSPS) is 19.1. The molecule has 1 amide bonds. The third-order valence-electron chi connectivity index (χ3n) is 15.5. The molecular weight excluding hydrogens is 911 g/mol. The van der Waals surface area contributed by atoms with Crippen LogP contribution in [0.25, 0.3) is 0 Å². The van der Waals surface area contributed by atoms with E-state index < -0.39 is 49.5 Å². The van der Waals surface area contributed by atoms with Gasteiger partial charge in [0, 0.05) is 6.42 Å². The summed E-state index contributed by atoms with van der Waals surface area (Å²) < 4.78 is 11.2. The minimum atomic E-state index is -1.57. The molecule has 1 saturated heterocycles. The van der Waals surface area contributed by atoms with Gasteiger partial charge in [0.2, 0.25) is 5.91 Å². The van der Waals surface area contributed by atoms with Gasteiger partial charge in [-0.15, -0.1) is 0 Å². The highest BCUT2D eigenvalue weighted by Gasteiger charge is 2.44. The zero-order valence-electron chi connectivity index (χ0n) is 48.2. The Labute approximate surface area is 451 Å². The van der Waals surface area contributed by atoms with Crippen molar-refractivity contribution in [1.82, 2.24) is 5.32 Å². The van der Waals surface area contributed by atoms with Crippen molar-refractivity contribution in [3.05, 3.63) is 24.3 Å². The van der Waals surface area contributed by atoms with E-state index in [9.17, 15) is 30.3 Å². The lowest BCUT2D eigenvalue weighted by atomic mass is 9.99. The van der Waals surface area contributed by atoms with Crippen molar-refractivity contribution in [2.75, 3.05) is 13.2 Å². The molecule has 1 fully saturated rings. The van der Waals surface area contributed by atoms with Gasteiger partial charge in [-0.3, -0.25) is 4.79 Å². The van der Waals surface area contributed by atoms with E-state index in [1.54, 1.807) is 6.08 Å². The lowest BCUT2D eigenvalue weighted by Gasteiger charge is -2.40. The van der Waals surface area contributed by atoms with E-state index >= 15 is 0 Å². The van der Waals surface area contributed by atoms with Crippen molar-refractivity contribution in [3.8, 4) is 0 Å². The quantitative estimate of drug-likeness (QED) is 0.0261. The Morgan fingerprint density at radius 2 is 0.781 bits per heavy atom. The fourth-order valence-electron chi connectivity index (χ4n) is 10.5. The number of aliphatic hydroxyl groups is 5. The molecule has 9 nitrogen and oxygen atoms in total. The molecule has 432 valence electrons. The molecular formula is C64H123NO8. The molecule has 6 N–H and O–H groups in total. The summed E-state index contributed by atoms with van der Waals surface area (Å²) in [4.78, 5) is 13.0. The van der Waals surface area contributed by atoms with Gasteiger partial charge in [0.1, 0.15) is 24.4 Å². The monoisotopic (exact) mass is 1030 g/mol. The molecule has 73 heavy (non-hydrogen) atoms. The molecule has 1 aliphatic rings. The van der Waals surface area contributed by atoms with Gasteiger partial charge in [0.05, 0.1) is 25.4 Å². The molecule has 0 aliphatic carbocycles. The fourth-order valence-corrected chi connectivity index (χ4v) is 10.5. The predicted octanol–water partition coefficient (Wildman–Crippen LogP) is 16.5. The second-order valence-electron chi connectivity index (χ2n) is 22.6. The lowest BCUT2D eigenvalue weighted by molar-refractivity contribution is -0.302. The van der Waals surface area contributed by atoms with Gasteiger partial charge in [-0.05, 0) is 32.1 Å². The molecule has 0 saturated carbocycles. The standard InChI is InChI=1S/C64H123NO8/c1-3-5-7-9-11-13-15-17-18-19-20-21-22-23-24-25-26-27-28-29-30-31-32-33-34-35-36-37-38-39-40-42-44-46-48-50-52-54-60(68)65-57(56-72-64-63(71)62(70)61(69)59(55-66)73-64)58(67)53-51-49-47-45-43-41-16-14-12-10-8-6-4-2/h43,45,51,53,57-59,61-64,66-67,69-71H,3-42,44,46-50,52,54-56H2,1-2H3,(H,65,68)/b45-43+,53-51+. The van der Waals surface area contributed by atoms with E-state index in [4.69, 9.17) is 9.47 Å². The summed E-state index contributed by atoms with van der Waals surface area (Å²) in [5, 5.41) is 54.4. The van der Waals surface area contributed by atoms with Gasteiger partial charge in [-0.2, -0.15) is 0 Å². The fraction of sp³-hybridized carbons (Fsp3) is 0.922. The number of ether oxygens (including phenoxy) is 2. The van der Waals surface area contributed by atoms with E-state index in [-0.39, 0.29) is 12.5 Å². The lowest BCUT2D eigenvalue weighted by Crippen LogP contribution is -2.60. The maximum absolute atomic E-state index is 13.0. The van der Waals surface area contributed by atoms with E-state index in [1.807, 2.05) is 6.08 Å². The molecule has 0 bridgehead atoms. The van der Waals surface area contributed by atoms with Crippen LogP contribution in [0.15, 0.2) is 24.3 Å². The number of carbonyl (C=O) groups excluding carboxylic acids is 1. The Kier molecular flexibility index (Phi) is 51.6. The number of unbranched alkanes of at least 4 members (excludes halogenated alkanes) is 44. The van der Waals surface area contributed by atoms with Gasteiger partial charge in [-0.1, -0.05) is 308 Å². The van der Waals surface area contributed by atoms with Gasteiger partial charge < -0.3 is 40.3 Å². The van der Waals surface area contributed by atoms with Crippen LogP contribution >= 0.6 is 0 Å². The van der Waals surface area contributed by atoms with Gasteiger partial charge in [0.25, 0.3) is 0 Å². The highest BCUT2D eigenvalue weighted by Crippen LogP contribution is 2.23. The van der Waals surface area contributed by atoms with E-state index in [2.05, 4.69) is 31.3 Å². The first-order chi connectivity index (χ1) is 35.8. The molecule has 0 radical (unpaired) electrons. The zero-order valence-corrected chi connectivity index (χ0v) is 48.2. The van der Waals surface area contributed by atoms with Gasteiger partial charge in [0.15, 0.2) is 6.29 Å². The van der Waals surface area contributed by atoms with E-state index in [1.165, 1.54) is 263 Å². The number of nitrogens with one attached hydrogen (secondary N) is 1. The third kappa shape index (κ3) is 43.4. The van der Waals surface area contributed by atoms with Crippen LogP contribution in [0.5, 0.6) is 0 Å². The van der Waals surface area contributed by atoms with E-state index in [0.717, 1.165) is 38.5 Å². The van der Waals surface area contributed by atoms with Crippen LogP contribution in [-0.2, 0) is 14.3 Å². The van der Waals surface area contributed by atoms with Crippen molar-refractivity contribution >= 4 is 5.91 Å². The van der Waals surface area contributed by atoms with Crippen LogP contribution in [0, 0.1) is 0 Å². The highest BCUT2D eigenvalue weighted by molar-refractivity contribution is 5.76. The third-order valence-corrected chi connectivity index (χ3v) is 15.5. The van der Waals surface area contributed by atoms with Crippen molar-refractivity contribution in [3.63, 3.8) is 0 Å². The second-order valence-corrected chi connectivity index (χ2v) is 22.6. The first-order valence-electron chi connectivity index (χ1n) is 32.1. The van der Waals surface area contributed by atoms with Crippen LogP contribution in [0.4, 0.5) is 0 Å². The van der Waals surface area contributed by atoms with Crippen molar-refractivity contribution in [2.24, 2.45) is 0 Å². The summed E-state index contributed by atoms with van der Waals surface area (Å²) in [6.07, 6.45) is 63.0.